The molecule has 3 nitrogen and oxygen atoms in total. The molecule has 1 saturated heterocycles. The number of hydrogen-bond donors (Lipinski definition) is 0. The summed E-state index contributed by atoms with van der Waals surface area (Å²) in [6, 6.07) is 18.3. The zero-order chi connectivity index (χ0) is 17.2. The van der Waals surface area contributed by atoms with E-state index in [-0.39, 0.29) is 0 Å². The van der Waals surface area contributed by atoms with Crippen molar-refractivity contribution in [2.45, 2.75) is 6.54 Å². The molecule has 0 spiro atoms. The van der Waals surface area contributed by atoms with E-state index in [9.17, 15) is 0 Å². The summed E-state index contributed by atoms with van der Waals surface area (Å²) >= 11 is 12.5. The highest BCUT2D eigenvalue weighted by Gasteiger charge is 2.18. The molecule has 0 N–H and O–H groups in total. The maximum absolute atomic E-state index is 6.40. The van der Waals surface area contributed by atoms with Crippen LogP contribution in [0.25, 0.3) is 10.9 Å². The van der Waals surface area contributed by atoms with Gasteiger partial charge in [0.25, 0.3) is 0 Å². The monoisotopic (exact) mass is 371 g/mol. The average molecular weight is 372 g/mol. The third-order valence-electron chi connectivity index (χ3n) is 4.69. The number of pyridine rings is 1. The number of aromatic nitrogens is 1. The lowest BCUT2D eigenvalue weighted by atomic mass is 10.1. The van der Waals surface area contributed by atoms with Gasteiger partial charge in [0.15, 0.2) is 0 Å². The number of anilines is 1. The topological polar surface area (TPSA) is 19.4 Å². The van der Waals surface area contributed by atoms with E-state index in [1.165, 1.54) is 5.69 Å². The molecule has 128 valence electrons. The van der Waals surface area contributed by atoms with Gasteiger partial charge in [-0.15, -0.1) is 0 Å². The van der Waals surface area contributed by atoms with Gasteiger partial charge >= 0.3 is 0 Å². The molecule has 0 unspecified atom stereocenters. The van der Waals surface area contributed by atoms with Crippen molar-refractivity contribution in [3.63, 3.8) is 0 Å². The standard InChI is InChI=1S/C20H19Cl2N3/c21-17-5-3-6-18(13-17)25-10-8-24(9-11-25)14-16-12-15-4-1-2-7-19(15)23-20(16)22/h1-7,12-13H,8-11,14H2. The number of benzene rings is 2. The first kappa shape index (κ1) is 16.6. The molecule has 5 heteroatoms. The van der Waals surface area contributed by atoms with Crippen molar-refractivity contribution < 1.29 is 0 Å². The molecule has 0 amide bonds. The smallest absolute Gasteiger partial charge is 0.134 e. The fraction of sp³-hybridized carbons (Fsp3) is 0.250. The van der Waals surface area contributed by atoms with Crippen LogP contribution in [0.15, 0.2) is 54.6 Å². The van der Waals surface area contributed by atoms with Crippen molar-refractivity contribution in [1.82, 2.24) is 9.88 Å². The Morgan fingerprint density at radius 3 is 2.48 bits per heavy atom. The summed E-state index contributed by atoms with van der Waals surface area (Å²) in [4.78, 5) is 9.33. The highest BCUT2D eigenvalue weighted by Crippen LogP contribution is 2.24. The van der Waals surface area contributed by atoms with Crippen LogP contribution in [-0.2, 0) is 6.54 Å². The average Bonchev–Trinajstić information content (AvgIpc) is 2.63. The number of nitrogens with zero attached hydrogens (tertiary/aromatic N) is 3. The summed E-state index contributed by atoms with van der Waals surface area (Å²) in [6.45, 7) is 4.79. The second kappa shape index (κ2) is 7.20. The van der Waals surface area contributed by atoms with Crippen molar-refractivity contribution in [3.8, 4) is 0 Å². The number of hydrogen-bond acceptors (Lipinski definition) is 3. The predicted molar refractivity (Wildman–Crippen MR) is 106 cm³/mol. The van der Waals surface area contributed by atoms with Crippen molar-refractivity contribution >= 4 is 39.8 Å². The molecule has 0 aliphatic carbocycles. The van der Waals surface area contributed by atoms with Crippen LogP contribution in [0.3, 0.4) is 0 Å². The quantitative estimate of drug-likeness (QED) is 0.612. The molecule has 1 fully saturated rings. The number of piperazine rings is 1. The Labute approximate surface area is 157 Å². The predicted octanol–water partition coefficient (Wildman–Crippen LogP) is 4.86. The zero-order valence-corrected chi connectivity index (χ0v) is 15.3. The lowest BCUT2D eigenvalue weighted by Crippen LogP contribution is -2.46. The van der Waals surface area contributed by atoms with Crippen LogP contribution >= 0.6 is 23.2 Å². The first-order valence-corrected chi connectivity index (χ1v) is 9.22. The van der Waals surface area contributed by atoms with Crippen LogP contribution < -0.4 is 4.90 Å². The summed E-state index contributed by atoms with van der Waals surface area (Å²) < 4.78 is 0. The fourth-order valence-electron chi connectivity index (χ4n) is 3.33. The van der Waals surface area contributed by atoms with Crippen LogP contribution in [0.4, 0.5) is 5.69 Å². The Morgan fingerprint density at radius 2 is 1.68 bits per heavy atom. The Kier molecular flexibility index (Phi) is 4.80. The molecule has 4 rings (SSSR count). The number of halogens is 2. The normalized spacial score (nSPS) is 15.7. The number of fused-ring (bicyclic) bond motifs is 1. The van der Waals surface area contributed by atoms with Crippen molar-refractivity contribution in [2.24, 2.45) is 0 Å². The van der Waals surface area contributed by atoms with Crippen molar-refractivity contribution in [2.75, 3.05) is 31.1 Å². The zero-order valence-electron chi connectivity index (χ0n) is 13.8. The molecule has 0 atom stereocenters. The summed E-state index contributed by atoms with van der Waals surface area (Å²) in [7, 11) is 0. The molecule has 0 radical (unpaired) electrons. The van der Waals surface area contributed by atoms with Crippen molar-refractivity contribution in [1.29, 1.82) is 0 Å². The first-order valence-electron chi connectivity index (χ1n) is 8.46. The van der Waals surface area contributed by atoms with Gasteiger partial charge < -0.3 is 4.90 Å². The van der Waals surface area contributed by atoms with E-state index in [2.05, 4.69) is 33.0 Å². The second-order valence-corrected chi connectivity index (χ2v) is 7.17. The molecule has 3 aromatic rings. The Morgan fingerprint density at radius 1 is 0.880 bits per heavy atom. The van der Waals surface area contributed by atoms with E-state index >= 15 is 0 Å². The Balaban J connectivity index is 1.44. The van der Waals surface area contributed by atoms with Gasteiger partial charge in [0.05, 0.1) is 5.52 Å². The van der Waals surface area contributed by atoms with Gasteiger partial charge in [-0.25, -0.2) is 4.98 Å². The molecule has 1 aliphatic heterocycles. The third kappa shape index (κ3) is 3.74. The van der Waals surface area contributed by atoms with E-state index in [1.807, 2.05) is 36.4 Å². The largest absolute Gasteiger partial charge is 0.369 e. The molecule has 0 bridgehead atoms. The minimum absolute atomic E-state index is 0.607. The molecule has 1 aliphatic rings. The lowest BCUT2D eigenvalue weighted by Gasteiger charge is -2.36. The van der Waals surface area contributed by atoms with Gasteiger partial charge in [0, 0.05) is 54.4 Å². The second-order valence-electron chi connectivity index (χ2n) is 6.37. The van der Waals surface area contributed by atoms with Crippen LogP contribution in [-0.4, -0.2) is 36.1 Å². The number of rotatable bonds is 3. The summed E-state index contributed by atoms with van der Waals surface area (Å²) in [5.41, 5.74) is 3.23. The lowest BCUT2D eigenvalue weighted by molar-refractivity contribution is 0.250. The molecule has 0 saturated carbocycles. The van der Waals surface area contributed by atoms with Gasteiger partial charge in [-0.1, -0.05) is 47.5 Å². The molecule has 25 heavy (non-hydrogen) atoms. The minimum Gasteiger partial charge on any atom is -0.369 e. The highest BCUT2D eigenvalue weighted by atomic mass is 35.5. The van der Waals surface area contributed by atoms with Crippen LogP contribution in [0, 0.1) is 0 Å². The van der Waals surface area contributed by atoms with Crippen LogP contribution in [0.5, 0.6) is 0 Å². The van der Waals surface area contributed by atoms with Gasteiger partial charge in [0.2, 0.25) is 0 Å². The van der Waals surface area contributed by atoms with E-state index in [0.717, 1.165) is 54.2 Å². The molecule has 2 aromatic carbocycles. The Bertz CT molecular complexity index is 889. The highest BCUT2D eigenvalue weighted by molar-refractivity contribution is 6.31. The van der Waals surface area contributed by atoms with E-state index in [4.69, 9.17) is 23.2 Å². The van der Waals surface area contributed by atoms with E-state index < -0.39 is 0 Å². The molecule has 1 aromatic heterocycles. The number of para-hydroxylation sites is 1. The third-order valence-corrected chi connectivity index (χ3v) is 5.25. The summed E-state index contributed by atoms with van der Waals surface area (Å²) in [5, 5.41) is 2.53. The van der Waals surface area contributed by atoms with Crippen molar-refractivity contribution in [3.05, 3.63) is 70.3 Å². The maximum Gasteiger partial charge on any atom is 0.134 e. The molecular weight excluding hydrogens is 353 g/mol. The summed E-state index contributed by atoms with van der Waals surface area (Å²) in [5.74, 6) is 0. The minimum atomic E-state index is 0.607. The van der Waals surface area contributed by atoms with Gasteiger partial charge in [-0.05, 0) is 30.3 Å². The Hall–Kier alpha value is -1.81. The molecule has 2 heterocycles. The van der Waals surface area contributed by atoms with Crippen LogP contribution in [0.2, 0.25) is 10.2 Å². The molecular formula is C20H19Cl2N3. The van der Waals surface area contributed by atoms with E-state index in [1.54, 1.807) is 0 Å². The van der Waals surface area contributed by atoms with Gasteiger partial charge in [-0.3, -0.25) is 4.90 Å². The van der Waals surface area contributed by atoms with E-state index in [0.29, 0.717) is 5.15 Å². The van der Waals surface area contributed by atoms with Crippen LogP contribution in [0.1, 0.15) is 5.56 Å². The maximum atomic E-state index is 6.40. The first-order chi connectivity index (χ1) is 12.2. The summed E-state index contributed by atoms with van der Waals surface area (Å²) in [6.07, 6.45) is 0. The van der Waals surface area contributed by atoms with Gasteiger partial charge in [0.1, 0.15) is 5.15 Å². The SMILES string of the molecule is Clc1cccc(N2CCN(Cc3cc4ccccc4nc3Cl)CC2)c1. The fourth-order valence-corrected chi connectivity index (χ4v) is 3.71. The van der Waals surface area contributed by atoms with Gasteiger partial charge in [-0.2, -0.15) is 0 Å².